The van der Waals surface area contributed by atoms with E-state index in [4.69, 9.17) is 14.4 Å². The molecule has 3 heterocycles. The van der Waals surface area contributed by atoms with Gasteiger partial charge in [-0.3, -0.25) is 14.5 Å². The number of rotatable bonds is 4. The van der Waals surface area contributed by atoms with Crippen LogP contribution in [0.2, 0.25) is 0 Å². The molecule has 8 heteroatoms. The number of carbonyl (C=O) groups excluding carboxylic acids is 1. The minimum Gasteiger partial charge on any atom is -0.480 e. The highest BCUT2D eigenvalue weighted by atomic mass is 16.5. The van der Waals surface area contributed by atoms with Crippen molar-refractivity contribution in [3.63, 3.8) is 0 Å². The molecule has 23 heavy (non-hydrogen) atoms. The van der Waals surface area contributed by atoms with E-state index < -0.39 is 5.97 Å². The summed E-state index contributed by atoms with van der Waals surface area (Å²) in [7, 11) is 0. The molecule has 0 spiro atoms. The van der Waals surface area contributed by atoms with Crippen LogP contribution in [0.3, 0.4) is 0 Å². The molecule has 0 aromatic carbocycles. The van der Waals surface area contributed by atoms with E-state index in [-0.39, 0.29) is 30.8 Å². The number of carbonyl (C=O) groups is 2. The van der Waals surface area contributed by atoms with Crippen LogP contribution in [0.25, 0.3) is 0 Å². The van der Waals surface area contributed by atoms with Crippen LogP contribution in [0.4, 0.5) is 0 Å². The van der Waals surface area contributed by atoms with Crippen LogP contribution in [0.1, 0.15) is 11.5 Å². The summed E-state index contributed by atoms with van der Waals surface area (Å²) >= 11 is 0. The minimum atomic E-state index is -0.846. The average molecular weight is 323 g/mol. The minimum absolute atomic E-state index is 0.00364. The van der Waals surface area contributed by atoms with Crippen LogP contribution < -0.4 is 0 Å². The van der Waals surface area contributed by atoms with Gasteiger partial charge >= 0.3 is 5.97 Å². The van der Waals surface area contributed by atoms with Crippen molar-refractivity contribution in [3.8, 4) is 0 Å². The molecule has 0 unspecified atom stereocenters. The Balaban J connectivity index is 1.71. The molecule has 2 atom stereocenters. The van der Waals surface area contributed by atoms with E-state index in [1.807, 2.05) is 16.7 Å². The quantitative estimate of drug-likeness (QED) is 0.817. The first-order valence-corrected chi connectivity index (χ1v) is 7.75. The summed E-state index contributed by atoms with van der Waals surface area (Å²) in [6.07, 6.45) is 0.170. The first-order valence-electron chi connectivity index (χ1n) is 7.75. The smallest absolute Gasteiger partial charge is 0.317 e. The lowest BCUT2D eigenvalue weighted by Crippen LogP contribution is -2.47. The summed E-state index contributed by atoms with van der Waals surface area (Å²) in [6.45, 7) is 4.54. The molecule has 126 valence electrons. The number of aliphatic carboxylic acids is 1. The fourth-order valence-electron chi connectivity index (χ4n) is 3.32. The topological polar surface area (TPSA) is 96.1 Å². The molecule has 1 N–H and O–H groups in total. The van der Waals surface area contributed by atoms with Gasteiger partial charge in [0.2, 0.25) is 5.91 Å². The molecule has 8 nitrogen and oxygen atoms in total. The van der Waals surface area contributed by atoms with Gasteiger partial charge in [-0.2, -0.15) is 0 Å². The van der Waals surface area contributed by atoms with E-state index in [0.717, 1.165) is 5.69 Å². The fraction of sp³-hybridized carbons (Fsp3) is 0.667. The second-order valence-corrected chi connectivity index (χ2v) is 6.30. The second kappa shape index (κ2) is 6.67. The predicted octanol–water partition coefficient (Wildman–Crippen LogP) is -0.231. The summed E-state index contributed by atoms with van der Waals surface area (Å²) in [4.78, 5) is 27.3. The maximum Gasteiger partial charge on any atom is 0.317 e. The molecule has 0 saturated carbocycles. The number of ether oxygens (including phenoxy) is 1. The van der Waals surface area contributed by atoms with Gasteiger partial charge in [-0.05, 0) is 6.92 Å². The predicted molar refractivity (Wildman–Crippen MR) is 78.8 cm³/mol. The Kier molecular flexibility index (Phi) is 4.63. The van der Waals surface area contributed by atoms with Gasteiger partial charge in [-0.1, -0.05) is 5.16 Å². The lowest BCUT2D eigenvalue weighted by Gasteiger charge is -2.30. The molecular weight excluding hydrogens is 302 g/mol. The zero-order valence-electron chi connectivity index (χ0n) is 13.1. The SMILES string of the molecule is Cc1cc(CC(=O)N2C[C@H]3COC[C@@H]2CN(CC(=O)O)C3)on1. The van der Waals surface area contributed by atoms with Crippen molar-refractivity contribution >= 4 is 11.9 Å². The lowest BCUT2D eigenvalue weighted by molar-refractivity contribution is -0.138. The van der Waals surface area contributed by atoms with Gasteiger partial charge in [0.05, 0.1) is 37.9 Å². The Hall–Kier alpha value is -1.93. The Morgan fingerprint density at radius 2 is 2.17 bits per heavy atom. The van der Waals surface area contributed by atoms with Gasteiger partial charge in [-0.15, -0.1) is 0 Å². The number of hydrogen-bond acceptors (Lipinski definition) is 6. The average Bonchev–Trinajstić information content (AvgIpc) is 2.68. The molecule has 0 radical (unpaired) electrons. The van der Waals surface area contributed by atoms with Gasteiger partial charge in [0.15, 0.2) is 0 Å². The Morgan fingerprint density at radius 1 is 1.35 bits per heavy atom. The number of aromatic nitrogens is 1. The van der Waals surface area contributed by atoms with Crippen molar-refractivity contribution in [1.29, 1.82) is 0 Å². The molecule has 2 aliphatic rings. The maximum absolute atomic E-state index is 12.6. The zero-order valence-corrected chi connectivity index (χ0v) is 13.1. The highest BCUT2D eigenvalue weighted by molar-refractivity contribution is 5.78. The standard InChI is InChI=1S/C15H21N3O5/c1-10-2-13(23-16-10)3-14(19)18-5-11-4-17(7-15(20)21)6-12(18)9-22-8-11/h2,11-12H,3-9H2,1H3,(H,20,21)/t11-,12-/m0/s1. The number of aryl methyl sites for hydroxylation is 1. The third kappa shape index (κ3) is 3.89. The third-order valence-corrected chi connectivity index (χ3v) is 4.23. The normalized spacial score (nSPS) is 25.2. The fourth-order valence-corrected chi connectivity index (χ4v) is 3.32. The van der Waals surface area contributed by atoms with Crippen molar-refractivity contribution in [2.75, 3.05) is 39.4 Å². The number of carboxylic acid groups (broad SMARTS) is 1. The molecule has 3 rings (SSSR count). The van der Waals surface area contributed by atoms with Crippen molar-refractivity contribution in [2.24, 2.45) is 5.92 Å². The monoisotopic (exact) mass is 323 g/mol. The summed E-state index contributed by atoms with van der Waals surface area (Å²) in [5.41, 5.74) is 0.748. The van der Waals surface area contributed by atoms with Gasteiger partial charge in [-0.25, -0.2) is 0 Å². The molecular formula is C15H21N3O5. The highest BCUT2D eigenvalue weighted by Crippen LogP contribution is 2.21. The lowest BCUT2D eigenvalue weighted by atomic mass is 10.1. The van der Waals surface area contributed by atoms with Crippen LogP contribution >= 0.6 is 0 Å². The van der Waals surface area contributed by atoms with Crippen molar-refractivity contribution < 1.29 is 24.0 Å². The molecule has 2 fully saturated rings. The number of hydrogen-bond donors (Lipinski definition) is 1. The highest BCUT2D eigenvalue weighted by Gasteiger charge is 2.36. The van der Waals surface area contributed by atoms with Crippen molar-refractivity contribution in [2.45, 2.75) is 19.4 Å². The molecule has 1 amide bonds. The number of fused-ring (bicyclic) bond motifs is 3. The van der Waals surface area contributed by atoms with E-state index in [0.29, 0.717) is 38.6 Å². The number of carboxylic acids is 1. The van der Waals surface area contributed by atoms with Crippen LogP contribution in [0.5, 0.6) is 0 Å². The van der Waals surface area contributed by atoms with E-state index in [1.165, 1.54) is 0 Å². The Labute approximate surface area is 134 Å². The molecule has 1 aromatic heterocycles. The molecule has 1 aromatic rings. The molecule has 2 saturated heterocycles. The number of nitrogens with zero attached hydrogens (tertiary/aromatic N) is 3. The first kappa shape index (κ1) is 15.9. The van der Waals surface area contributed by atoms with Crippen LogP contribution in [0, 0.1) is 12.8 Å². The van der Waals surface area contributed by atoms with Gasteiger partial charge < -0.3 is 19.3 Å². The summed E-state index contributed by atoms with van der Waals surface area (Å²) in [5.74, 6) is -0.198. The summed E-state index contributed by atoms with van der Waals surface area (Å²) < 4.78 is 10.8. The zero-order chi connectivity index (χ0) is 16.4. The van der Waals surface area contributed by atoms with E-state index >= 15 is 0 Å². The van der Waals surface area contributed by atoms with Gasteiger partial charge in [0.25, 0.3) is 0 Å². The van der Waals surface area contributed by atoms with E-state index in [1.54, 1.807) is 6.07 Å². The Bertz CT molecular complexity index is 587. The van der Waals surface area contributed by atoms with Gasteiger partial charge in [0.1, 0.15) is 5.76 Å². The first-order chi connectivity index (χ1) is 11.0. The molecule has 2 bridgehead atoms. The molecule has 0 aliphatic carbocycles. The van der Waals surface area contributed by atoms with Crippen LogP contribution in [-0.2, 0) is 20.7 Å². The van der Waals surface area contributed by atoms with E-state index in [9.17, 15) is 9.59 Å². The summed E-state index contributed by atoms with van der Waals surface area (Å²) in [5, 5.41) is 12.8. The second-order valence-electron chi connectivity index (χ2n) is 6.30. The van der Waals surface area contributed by atoms with E-state index in [2.05, 4.69) is 5.16 Å². The third-order valence-electron chi connectivity index (χ3n) is 4.23. The maximum atomic E-state index is 12.6. The Morgan fingerprint density at radius 3 is 2.87 bits per heavy atom. The van der Waals surface area contributed by atoms with Crippen molar-refractivity contribution in [3.05, 3.63) is 17.5 Å². The molecule has 2 aliphatic heterocycles. The largest absolute Gasteiger partial charge is 0.480 e. The number of amides is 1. The van der Waals surface area contributed by atoms with Gasteiger partial charge in [0, 0.05) is 31.6 Å². The summed E-state index contributed by atoms with van der Waals surface area (Å²) in [6, 6.07) is 1.63. The van der Waals surface area contributed by atoms with Crippen molar-refractivity contribution in [1.82, 2.24) is 15.0 Å². The van der Waals surface area contributed by atoms with Crippen LogP contribution in [-0.4, -0.2) is 77.4 Å². The van der Waals surface area contributed by atoms with Crippen LogP contribution in [0.15, 0.2) is 10.6 Å².